The van der Waals surface area contributed by atoms with Crippen molar-refractivity contribution in [3.63, 3.8) is 0 Å². The summed E-state index contributed by atoms with van der Waals surface area (Å²) in [6, 6.07) is 8.34. The minimum Gasteiger partial charge on any atom is -0.494 e. The number of aliphatic hydroxyl groups is 1. The van der Waals surface area contributed by atoms with Crippen LogP contribution < -0.4 is 4.74 Å². The van der Waals surface area contributed by atoms with Crippen molar-refractivity contribution in [1.29, 1.82) is 0 Å². The van der Waals surface area contributed by atoms with Gasteiger partial charge in [-0.15, -0.1) is 0 Å². The second-order valence-electron chi connectivity index (χ2n) is 5.70. The van der Waals surface area contributed by atoms with Crippen LogP contribution in [-0.4, -0.2) is 35.3 Å². The van der Waals surface area contributed by atoms with E-state index < -0.39 is 5.60 Å². The predicted octanol–water partition coefficient (Wildman–Crippen LogP) is 2.82. The molecule has 3 heteroatoms. The summed E-state index contributed by atoms with van der Waals surface area (Å²) in [6.07, 6.45) is 2.85. The fourth-order valence-electron chi connectivity index (χ4n) is 2.59. The molecule has 0 bridgehead atoms. The lowest BCUT2D eigenvalue weighted by atomic mass is 9.98. The summed E-state index contributed by atoms with van der Waals surface area (Å²) in [7, 11) is 0. The molecule has 0 radical (unpaired) electrons. The van der Waals surface area contributed by atoms with E-state index in [1.807, 2.05) is 26.0 Å². The molecule has 0 aromatic heterocycles. The zero-order valence-electron chi connectivity index (χ0n) is 12.1. The van der Waals surface area contributed by atoms with Crippen molar-refractivity contribution in [2.45, 2.75) is 45.3 Å². The number of hydrogen-bond donors (Lipinski definition) is 1. The number of rotatable bonds is 4. The second kappa shape index (κ2) is 6.40. The first-order valence-electron chi connectivity index (χ1n) is 7.25. The van der Waals surface area contributed by atoms with Crippen LogP contribution in [0.5, 0.6) is 5.75 Å². The molecule has 0 amide bonds. The van der Waals surface area contributed by atoms with Gasteiger partial charge in [0.1, 0.15) is 5.75 Å². The molecule has 1 fully saturated rings. The van der Waals surface area contributed by atoms with E-state index in [9.17, 15) is 5.11 Å². The maximum Gasteiger partial charge on any atom is 0.119 e. The number of benzene rings is 1. The lowest BCUT2D eigenvalue weighted by Gasteiger charge is -2.22. The Morgan fingerprint density at radius 2 is 1.95 bits per heavy atom. The van der Waals surface area contributed by atoms with Crippen LogP contribution in [-0.2, 0) is 6.54 Å². The van der Waals surface area contributed by atoms with Crippen LogP contribution in [0.15, 0.2) is 24.3 Å². The highest BCUT2D eigenvalue weighted by Gasteiger charge is 2.24. The van der Waals surface area contributed by atoms with Gasteiger partial charge in [0, 0.05) is 13.1 Å². The number of hydrogen-bond acceptors (Lipinski definition) is 3. The summed E-state index contributed by atoms with van der Waals surface area (Å²) in [6.45, 7) is 7.66. The molecule has 1 unspecified atom stereocenters. The number of nitrogens with zero attached hydrogens (tertiary/aromatic N) is 1. The molecule has 1 aliphatic rings. The van der Waals surface area contributed by atoms with Crippen molar-refractivity contribution in [3.8, 4) is 5.75 Å². The van der Waals surface area contributed by atoms with Crippen LogP contribution in [0.25, 0.3) is 0 Å². The summed E-state index contributed by atoms with van der Waals surface area (Å²) < 4.78 is 5.45. The number of likely N-dealkylation sites (tertiary alicyclic amines) is 1. The Labute approximate surface area is 116 Å². The molecule has 0 aliphatic carbocycles. The summed E-state index contributed by atoms with van der Waals surface area (Å²) in [4.78, 5) is 2.43. The highest BCUT2D eigenvalue weighted by Crippen LogP contribution is 2.22. The maximum absolute atomic E-state index is 10.1. The molecule has 1 aromatic carbocycles. The highest BCUT2D eigenvalue weighted by molar-refractivity contribution is 5.27. The minimum absolute atomic E-state index is 0.479. The van der Waals surface area contributed by atoms with E-state index >= 15 is 0 Å². The van der Waals surface area contributed by atoms with E-state index in [2.05, 4.69) is 17.0 Å². The molecule has 1 heterocycles. The van der Waals surface area contributed by atoms with E-state index in [1.54, 1.807) is 0 Å². The van der Waals surface area contributed by atoms with Gasteiger partial charge in [0.15, 0.2) is 0 Å². The summed E-state index contributed by atoms with van der Waals surface area (Å²) in [5, 5.41) is 10.1. The Hall–Kier alpha value is -1.06. The van der Waals surface area contributed by atoms with Gasteiger partial charge in [-0.1, -0.05) is 12.1 Å². The molecule has 1 saturated heterocycles. The first kappa shape index (κ1) is 14.4. The lowest BCUT2D eigenvalue weighted by Crippen LogP contribution is -2.28. The molecule has 0 saturated carbocycles. The van der Waals surface area contributed by atoms with Gasteiger partial charge in [-0.25, -0.2) is 0 Å². The molecule has 19 heavy (non-hydrogen) atoms. The van der Waals surface area contributed by atoms with E-state index in [4.69, 9.17) is 4.74 Å². The summed E-state index contributed by atoms with van der Waals surface area (Å²) >= 11 is 0. The fourth-order valence-corrected chi connectivity index (χ4v) is 2.59. The standard InChI is InChI=1S/C16H25NO2/c1-3-19-15-7-5-14(6-8-15)13-17-11-4-9-16(2,18)10-12-17/h5-8,18H,3-4,9-13H2,1-2H3. The summed E-state index contributed by atoms with van der Waals surface area (Å²) in [5.41, 5.74) is 0.832. The topological polar surface area (TPSA) is 32.7 Å². The molecular weight excluding hydrogens is 238 g/mol. The Balaban J connectivity index is 1.90. The van der Waals surface area contributed by atoms with Gasteiger partial charge in [0.05, 0.1) is 12.2 Å². The van der Waals surface area contributed by atoms with E-state index in [0.717, 1.165) is 44.6 Å². The Morgan fingerprint density at radius 3 is 2.63 bits per heavy atom. The predicted molar refractivity (Wildman–Crippen MR) is 77.4 cm³/mol. The van der Waals surface area contributed by atoms with Crippen molar-refractivity contribution < 1.29 is 9.84 Å². The summed E-state index contributed by atoms with van der Waals surface area (Å²) in [5.74, 6) is 0.935. The zero-order valence-corrected chi connectivity index (χ0v) is 12.1. The van der Waals surface area contributed by atoms with Gasteiger partial charge >= 0.3 is 0 Å². The number of ether oxygens (including phenoxy) is 1. The molecule has 3 nitrogen and oxygen atoms in total. The van der Waals surface area contributed by atoms with Crippen LogP contribution >= 0.6 is 0 Å². The van der Waals surface area contributed by atoms with Crippen molar-refractivity contribution in [2.24, 2.45) is 0 Å². The van der Waals surface area contributed by atoms with Gasteiger partial charge in [0.2, 0.25) is 0 Å². The molecule has 106 valence electrons. The average molecular weight is 263 g/mol. The van der Waals surface area contributed by atoms with Gasteiger partial charge in [-0.2, -0.15) is 0 Å². The minimum atomic E-state index is -0.479. The zero-order chi connectivity index (χ0) is 13.7. The van der Waals surface area contributed by atoms with Crippen molar-refractivity contribution >= 4 is 0 Å². The molecule has 1 atom stereocenters. The highest BCUT2D eigenvalue weighted by atomic mass is 16.5. The monoisotopic (exact) mass is 263 g/mol. The lowest BCUT2D eigenvalue weighted by molar-refractivity contribution is 0.0444. The van der Waals surface area contributed by atoms with Crippen LogP contribution in [0, 0.1) is 0 Å². The third kappa shape index (κ3) is 4.51. The van der Waals surface area contributed by atoms with Gasteiger partial charge < -0.3 is 9.84 Å². The van der Waals surface area contributed by atoms with Crippen LogP contribution in [0.1, 0.15) is 38.7 Å². The molecule has 2 rings (SSSR count). The molecule has 1 aromatic rings. The molecule has 0 spiro atoms. The third-order valence-corrected chi connectivity index (χ3v) is 3.80. The van der Waals surface area contributed by atoms with E-state index in [1.165, 1.54) is 5.56 Å². The second-order valence-corrected chi connectivity index (χ2v) is 5.70. The SMILES string of the molecule is CCOc1ccc(CN2CCCC(C)(O)CC2)cc1. The Bertz CT molecular complexity index is 386. The molecule has 1 N–H and O–H groups in total. The maximum atomic E-state index is 10.1. The van der Waals surface area contributed by atoms with Gasteiger partial charge in [-0.05, 0) is 57.4 Å². The van der Waals surface area contributed by atoms with Crippen molar-refractivity contribution in [1.82, 2.24) is 4.90 Å². The van der Waals surface area contributed by atoms with E-state index in [0.29, 0.717) is 6.61 Å². The van der Waals surface area contributed by atoms with Crippen LogP contribution in [0.2, 0.25) is 0 Å². The van der Waals surface area contributed by atoms with Gasteiger partial charge in [0.25, 0.3) is 0 Å². The smallest absolute Gasteiger partial charge is 0.119 e. The van der Waals surface area contributed by atoms with E-state index in [-0.39, 0.29) is 0 Å². The van der Waals surface area contributed by atoms with Gasteiger partial charge in [-0.3, -0.25) is 4.90 Å². The van der Waals surface area contributed by atoms with Crippen LogP contribution in [0.4, 0.5) is 0 Å². The average Bonchev–Trinajstić information content (AvgIpc) is 2.54. The van der Waals surface area contributed by atoms with Crippen molar-refractivity contribution in [3.05, 3.63) is 29.8 Å². The first-order chi connectivity index (χ1) is 9.09. The Morgan fingerprint density at radius 1 is 1.21 bits per heavy atom. The largest absolute Gasteiger partial charge is 0.494 e. The fraction of sp³-hybridized carbons (Fsp3) is 0.625. The third-order valence-electron chi connectivity index (χ3n) is 3.80. The van der Waals surface area contributed by atoms with Crippen molar-refractivity contribution in [2.75, 3.05) is 19.7 Å². The van der Waals surface area contributed by atoms with Crippen LogP contribution in [0.3, 0.4) is 0 Å². The quantitative estimate of drug-likeness (QED) is 0.906. The normalized spacial score (nSPS) is 25.0. The molecular formula is C16H25NO2. The Kier molecular flexibility index (Phi) is 4.83. The first-order valence-corrected chi connectivity index (χ1v) is 7.25. The molecule has 1 aliphatic heterocycles.